The van der Waals surface area contributed by atoms with Crippen LogP contribution in [-0.4, -0.2) is 12.5 Å². The van der Waals surface area contributed by atoms with Crippen molar-refractivity contribution in [2.45, 2.75) is 60.3 Å². The molecular weight excluding hydrogens is 198 g/mol. The van der Waals surface area contributed by atoms with Gasteiger partial charge in [-0.3, -0.25) is 4.79 Å². The summed E-state index contributed by atoms with van der Waals surface area (Å²) in [4.78, 5) is 10.7. The molecule has 1 fully saturated rings. The van der Waals surface area contributed by atoms with Gasteiger partial charge in [0.05, 0.1) is 0 Å². The quantitative estimate of drug-likeness (QED) is 0.784. The van der Waals surface area contributed by atoms with Crippen LogP contribution in [0, 0.1) is 17.8 Å². The minimum absolute atomic E-state index is 0.107. The fourth-order valence-corrected chi connectivity index (χ4v) is 2.35. The molecule has 0 aliphatic heterocycles. The number of hydrogen-bond acceptors (Lipinski definition) is 1. The topological polar surface area (TPSA) is 29.1 Å². The second-order valence-corrected chi connectivity index (χ2v) is 4.96. The van der Waals surface area contributed by atoms with Crippen molar-refractivity contribution in [3.8, 4) is 0 Å². The second kappa shape index (κ2) is 8.60. The molecule has 2 heteroatoms. The lowest BCUT2D eigenvalue weighted by molar-refractivity contribution is -0.119. The van der Waals surface area contributed by atoms with Crippen molar-refractivity contribution in [1.29, 1.82) is 0 Å². The van der Waals surface area contributed by atoms with Crippen LogP contribution >= 0.6 is 0 Å². The SMILES string of the molecule is CC.CC(=O)NCC1CCC(C(C)C)CC1. The van der Waals surface area contributed by atoms with Gasteiger partial charge in [-0.15, -0.1) is 0 Å². The number of hydrogen-bond donors (Lipinski definition) is 1. The molecule has 0 atom stereocenters. The van der Waals surface area contributed by atoms with Gasteiger partial charge in [0.2, 0.25) is 5.91 Å². The first-order valence-electron chi connectivity index (χ1n) is 6.84. The van der Waals surface area contributed by atoms with E-state index < -0.39 is 0 Å². The van der Waals surface area contributed by atoms with Crippen LogP contribution in [0.4, 0.5) is 0 Å². The van der Waals surface area contributed by atoms with E-state index in [9.17, 15) is 4.79 Å². The Labute approximate surface area is 101 Å². The minimum atomic E-state index is 0.107. The van der Waals surface area contributed by atoms with Crippen LogP contribution in [0.5, 0.6) is 0 Å². The lowest BCUT2D eigenvalue weighted by Gasteiger charge is -2.30. The second-order valence-electron chi connectivity index (χ2n) is 4.96. The van der Waals surface area contributed by atoms with Crippen molar-refractivity contribution in [3.63, 3.8) is 0 Å². The van der Waals surface area contributed by atoms with Gasteiger partial charge in [0.15, 0.2) is 0 Å². The molecule has 1 aliphatic rings. The van der Waals surface area contributed by atoms with Crippen molar-refractivity contribution >= 4 is 5.91 Å². The molecule has 0 unspecified atom stereocenters. The Balaban J connectivity index is 0.00000106. The highest BCUT2D eigenvalue weighted by atomic mass is 16.1. The Hall–Kier alpha value is -0.530. The van der Waals surface area contributed by atoms with Crippen LogP contribution in [0.2, 0.25) is 0 Å². The first kappa shape index (κ1) is 15.5. The third kappa shape index (κ3) is 6.14. The van der Waals surface area contributed by atoms with E-state index >= 15 is 0 Å². The first-order valence-corrected chi connectivity index (χ1v) is 6.84. The number of rotatable bonds is 3. The molecule has 0 aromatic heterocycles. The third-order valence-electron chi connectivity index (χ3n) is 3.47. The summed E-state index contributed by atoms with van der Waals surface area (Å²) in [7, 11) is 0. The van der Waals surface area contributed by atoms with Crippen LogP contribution in [0.3, 0.4) is 0 Å². The molecule has 1 saturated carbocycles. The lowest BCUT2D eigenvalue weighted by atomic mass is 9.77. The summed E-state index contributed by atoms with van der Waals surface area (Å²) in [6.45, 7) is 11.1. The van der Waals surface area contributed by atoms with Gasteiger partial charge >= 0.3 is 0 Å². The monoisotopic (exact) mass is 227 g/mol. The zero-order valence-electron chi connectivity index (χ0n) is 11.7. The normalized spacial score (nSPS) is 24.6. The molecular formula is C14H29NO. The van der Waals surface area contributed by atoms with Crippen LogP contribution in [-0.2, 0) is 4.79 Å². The number of nitrogens with one attached hydrogen (secondary N) is 1. The molecule has 1 aliphatic carbocycles. The third-order valence-corrected chi connectivity index (χ3v) is 3.47. The van der Waals surface area contributed by atoms with E-state index in [1.54, 1.807) is 6.92 Å². The van der Waals surface area contributed by atoms with Gasteiger partial charge in [-0.25, -0.2) is 0 Å². The molecule has 1 N–H and O–H groups in total. The summed E-state index contributed by atoms with van der Waals surface area (Å²) >= 11 is 0. The Morgan fingerprint density at radius 1 is 1.19 bits per heavy atom. The molecule has 16 heavy (non-hydrogen) atoms. The van der Waals surface area contributed by atoms with Crippen LogP contribution < -0.4 is 5.32 Å². The average Bonchev–Trinajstić information content (AvgIpc) is 2.29. The molecule has 96 valence electrons. The molecule has 1 amide bonds. The first-order chi connectivity index (χ1) is 7.59. The maximum Gasteiger partial charge on any atom is 0.216 e. The predicted octanol–water partition coefficient (Wildman–Crippen LogP) is 3.61. The van der Waals surface area contributed by atoms with E-state index in [0.29, 0.717) is 0 Å². The highest BCUT2D eigenvalue weighted by Crippen LogP contribution is 2.32. The summed E-state index contributed by atoms with van der Waals surface area (Å²) in [6.07, 6.45) is 5.29. The highest BCUT2D eigenvalue weighted by molar-refractivity contribution is 5.72. The van der Waals surface area contributed by atoms with E-state index in [4.69, 9.17) is 0 Å². The van der Waals surface area contributed by atoms with Crippen molar-refractivity contribution in [2.24, 2.45) is 17.8 Å². The number of carbonyl (C=O) groups is 1. The van der Waals surface area contributed by atoms with E-state index in [1.165, 1.54) is 25.7 Å². The van der Waals surface area contributed by atoms with Crippen molar-refractivity contribution in [2.75, 3.05) is 6.54 Å². The Morgan fingerprint density at radius 3 is 2.06 bits per heavy atom. The summed E-state index contributed by atoms with van der Waals surface area (Å²) < 4.78 is 0. The zero-order chi connectivity index (χ0) is 12.6. The van der Waals surface area contributed by atoms with Crippen molar-refractivity contribution < 1.29 is 4.79 Å². The number of carbonyl (C=O) groups excluding carboxylic acids is 1. The molecule has 0 spiro atoms. The zero-order valence-corrected chi connectivity index (χ0v) is 11.7. The average molecular weight is 227 g/mol. The van der Waals surface area contributed by atoms with Gasteiger partial charge in [0, 0.05) is 13.5 Å². The molecule has 0 radical (unpaired) electrons. The Morgan fingerprint density at radius 2 is 1.69 bits per heavy atom. The fraction of sp³-hybridized carbons (Fsp3) is 0.929. The molecule has 0 bridgehead atoms. The molecule has 0 aromatic carbocycles. The van der Waals surface area contributed by atoms with Crippen LogP contribution in [0.25, 0.3) is 0 Å². The van der Waals surface area contributed by atoms with Gasteiger partial charge in [-0.05, 0) is 43.4 Å². The van der Waals surface area contributed by atoms with E-state index in [1.807, 2.05) is 13.8 Å². The van der Waals surface area contributed by atoms with Gasteiger partial charge in [-0.2, -0.15) is 0 Å². The molecule has 2 nitrogen and oxygen atoms in total. The maximum absolute atomic E-state index is 10.7. The smallest absolute Gasteiger partial charge is 0.216 e. The van der Waals surface area contributed by atoms with Crippen molar-refractivity contribution in [3.05, 3.63) is 0 Å². The van der Waals surface area contributed by atoms with Gasteiger partial charge < -0.3 is 5.32 Å². The van der Waals surface area contributed by atoms with Crippen molar-refractivity contribution in [1.82, 2.24) is 5.32 Å². The van der Waals surface area contributed by atoms with Gasteiger partial charge in [0.25, 0.3) is 0 Å². The van der Waals surface area contributed by atoms with Crippen LogP contribution in [0.15, 0.2) is 0 Å². The lowest BCUT2D eigenvalue weighted by Crippen LogP contribution is -2.30. The highest BCUT2D eigenvalue weighted by Gasteiger charge is 2.22. The van der Waals surface area contributed by atoms with E-state index in [0.717, 1.165) is 24.3 Å². The largest absolute Gasteiger partial charge is 0.356 e. The summed E-state index contributed by atoms with van der Waals surface area (Å²) in [5, 5.41) is 2.92. The molecule has 0 heterocycles. The minimum Gasteiger partial charge on any atom is -0.356 e. The van der Waals surface area contributed by atoms with Gasteiger partial charge in [-0.1, -0.05) is 27.7 Å². The van der Waals surface area contributed by atoms with Crippen LogP contribution in [0.1, 0.15) is 60.3 Å². The Bertz CT molecular complexity index is 181. The standard InChI is InChI=1S/C12H23NO.C2H6/c1-9(2)12-6-4-11(5-7-12)8-13-10(3)14;1-2/h9,11-12H,4-8H2,1-3H3,(H,13,14);1-2H3. The van der Waals surface area contributed by atoms with E-state index in [-0.39, 0.29) is 5.91 Å². The molecule has 0 saturated heterocycles. The molecule has 0 aromatic rings. The van der Waals surface area contributed by atoms with E-state index in [2.05, 4.69) is 19.2 Å². The maximum atomic E-state index is 10.7. The van der Waals surface area contributed by atoms with Gasteiger partial charge in [0.1, 0.15) is 0 Å². The molecule has 1 rings (SSSR count). The fourth-order valence-electron chi connectivity index (χ4n) is 2.35. The Kier molecular flexibility index (Phi) is 8.32. The summed E-state index contributed by atoms with van der Waals surface area (Å²) in [5.41, 5.74) is 0. The predicted molar refractivity (Wildman–Crippen MR) is 70.3 cm³/mol. The summed E-state index contributed by atoms with van der Waals surface area (Å²) in [5.74, 6) is 2.59. The number of amides is 1. The summed E-state index contributed by atoms with van der Waals surface area (Å²) in [6, 6.07) is 0.